The minimum absolute atomic E-state index is 0.0424. The van der Waals surface area contributed by atoms with Gasteiger partial charge in [-0.05, 0) is 31.6 Å². The molecule has 3 rings (SSSR count). The fraction of sp³-hybridized carbons (Fsp3) is 0.500. The van der Waals surface area contributed by atoms with Crippen LogP contribution in [0.1, 0.15) is 24.3 Å². The van der Waals surface area contributed by atoms with Gasteiger partial charge in [0.1, 0.15) is 11.4 Å². The second kappa shape index (κ2) is 4.29. The van der Waals surface area contributed by atoms with Gasteiger partial charge in [-0.3, -0.25) is 9.78 Å². The number of hydrogen-bond donors (Lipinski definition) is 3. The van der Waals surface area contributed by atoms with Crippen molar-refractivity contribution in [2.45, 2.75) is 32.9 Å². The third kappa shape index (κ3) is 1.84. The van der Waals surface area contributed by atoms with Crippen molar-refractivity contribution in [2.75, 3.05) is 6.54 Å². The van der Waals surface area contributed by atoms with E-state index in [0.717, 1.165) is 29.7 Å². The first-order valence-corrected chi connectivity index (χ1v) is 7.40. The first kappa shape index (κ1) is 12.1. The summed E-state index contributed by atoms with van der Waals surface area (Å²) in [6.07, 6.45) is 0.983. The van der Waals surface area contributed by atoms with E-state index in [-0.39, 0.29) is 5.56 Å². The molecule has 0 radical (unpaired) electrons. The van der Waals surface area contributed by atoms with Crippen molar-refractivity contribution in [1.82, 2.24) is 9.97 Å². The van der Waals surface area contributed by atoms with E-state index >= 15 is 0 Å². The Labute approximate surface area is 114 Å². The normalized spacial score (nSPS) is 19.4. The zero-order chi connectivity index (χ0) is 12.9. The highest BCUT2D eigenvalue weighted by atomic mass is 32.1. The number of aromatic nitrogens is 2. The number of nitrogens with one attached hydrogen (secondary N) is 3. The van der Waals surface area contributed by atoms with Gasteiger partial charge >= 0.3 is 0 Å². The molecule has 18 heavy (non-hydrogen) atoms. The topological polar surface area (TPSA) is 53.1 Å². The summed E-state index contributed by atoms with van der Waals surface area (Å²) in [6, 6.07) is 0.625. The van der Waals surface area contributed by atoms with Crippen molar-refractivity contribution < 1.29 is 4.90 Å². The van der Waals surface area contributed by atoms with Gasteiger partial charge in [-0.25, -0.2) is 0 Å². The van der Waals surface area contributed by atoms with Crippen LogP contribution in [-0.4, -0.2) is 22.6 Å². The molecule has 1 aliphatic rings. The molecular weight excluding hydrogens is 266 g/mol. The quantitative estimate of drug-likeness (QED) is 0.684. The van der Waals surface area contributed by atoms with Crippen molar-refractivity contribution in [3.63, 3.8) is 0 Å². The first-order valence-electron chi connectivity index (χ1n) is 6.17. The van der Waals surface area contributed by atoms with E-state index in [0.29, 0.717) is 10.8 Å². The molecule has 3 heterocycles. The number of quaternary nitrogens is 1. The molecule has 0 fully saturated rings. The molecule has 1 aliphatic heterocycles. The molecule has 6 heteroatoms. The van der Waals surface area contributed by atoms with Crippen molar-refractivity contribution >= 4 is 33.8 Å². The number of hydrogen-bond acceptors (Lipinski definition) is 3. The number of aromatic amines is 2. The van der Waals surface area contributed by atoms with Crippen molar-refractivity contribution in [3.05, 3.63) is 25.6 Å². The molecular formula is C12H16N3OS2+. The van der Waals surface area contributed by atoms with Gasteiger partial charge in [-0.1, -0.05) is 0 Å². The van der Waals surface area contributed by atoms with E-state index < -0.39 is 0 Å². The highest BCUT2D eigenvalue weighted by Gasteiger charge is 2.26. The molecule has 96 valence electrons. The minimum Gasteiger partial charge on any atom is -0.328 e. The van der Waals surface area contributed by atoms with Gasteiger partial charge in [0.2, 0.25) is 0 Å². The average Bonchev–Trinajstić information content (AvgIpc) is 2.65. The Bertz CT molecular complexity index is 710. The summed E-state index contributed by atoms with van der Waals surface area (Å²) < 4.78 is 0.416. The molecule has 3 N–H and O–H groups in total. The minimum atomic E-state index is -0.0424. The Kier molecular flexibility index (Phi) is 2.88. The molecule has 2 aromatic heterocycles. The number of H-pyrrole nitrogens is 2. The zero-order valence-corrected chi connectivity index (χ0v) is 12.1. The van der Waals surface area contributed by atoms with Crippen LogP contribution in [0.5, 0.6) is 0 Å². The summed E-state index contributed by atoms with van der Waals surface area (Å²) in [5, 5.41) is 0.825. The molecule has 4 nitrogen and oxygen atoms in total. The van der Waals surface area contributed by atoms with Crippen LogP contribution >= 0.6 is 23.6 Å². The van der Waals surface area contributed by atoms with Gasteiger partial charge < -0.3 is 9.88 Å². The summed E-state index contributed by atoms with van der Waals surface area (Å²) in [5.41, 5.74) is 1.19. The molecule has 1 unspecified atom stereocenters. The van der Waals surface area contributed by atoms with E-state index in [1.807, 2.05) is 0 Å². The van der Waals surface area contributed by atoms with Gasteiger partial charge in [-0.15, -0.1) is 11.3 Å². The van der Waals surface area contributed by atoms with Gasteiger partial charge in [0.25, 0.3) is 5.56 Å². The summed E-state index contributed by atoms with van der Waals surface area (Å²) in [4.78, 5) is 21.6. The van der Waals surface area contributed by atoms with Crippen LogP contribution in [0.3, 0.4) is 0 Å². The Morgan fingerprint density at radius 3 is 2.89 bits per heavy atom. The molecule has 0 spiro atoms. The van der Waals surface area contributed by atoms with Crippen LogP contribution in [0.15, 0.2) is 4.79 Å². The lowest BCUT2D eigenvalue weighted by atomic mass is 10.0. The third-order valence-corrected chi connectivity index (χ3v) is 5.02. The Balaban J connectivity index is 2.19. The second-order valence-electron chi connectivity index (χ2n) is 5.11. The van der Waals surface area contributed by atoms with Crippen LogP contribution < -0.4 is 10.5 Å². The summed E-state index contributed by atoms with van der Waals surface area (Å²) in [6.45, 7) is 6.61. The molecule has 0 bridgehead atoms. The SMILES string of the molecule is CC(C)[NH+]1CCc2c(sc3[nH]c(=S)[nH]c(=O)c23)C1. The Morgan fingerprint density at radius 2 is 2.17 bits per heavy atom. The average molecular weight is 282 g/mol. The van der Waals surface area contributed by atoms with Gasteiger partial charge in [-0.2, -0.15) is 0 Å². The zero-order valence-electron chi connectivity index (χ0n) is 10.4. The maximum absolute atomic E-state index is 12.0. The number of rotatable bonds is 1. The second-order valence-corrected chi connectivity index (χ2v) is 6.62. The van der Waals surface area contributed by atoms with E-state index in [1.165, 1.54) is 10.4 Å². The van der Waals surface area contributed by atoms with Crippen LogP contribution in [-0.2, 0) is 13.0 Å². The van der Waals surface area contributed by atoms with Crippen LogP contribution in [0.4, 0.5) is 0 Å². The number of thiophene rings is 1. The van der Waals surface area contributed by atoms with Gasteiger partial charge in [0.15, 0.2) is 4.77 Å². The van der Waals surface area contributed by atoms with Gasteiger partial charge in [0, 0.05) is 6.42 Å². The smallest absolute Gasteiger partial charge is 0.260 e. The Hall–Kier alpha value is -0.980. The molecule has 0 aliphatic carbocycles. The summed E-state index contributed by atoms with van der Waals surface area (Å²) >= 11 is 6.71. The third-order valence-electron chi connectivity index (χ3n) is 3.67. The van der Waals surface area contributed by atoms with E-state index in [2.05, 4.69) is 23.8 Å². The van der Waals surface area contributed by atoms with E-state index in [4.69, 9.17) is 12.2 Å². The van der Waals surface area contributed by atoms with Crippen LogP contribution in [0.2, 0.25) is 0 Å². The molecule has 1 atom stereocenters. The maximum Gasteiger partial charge on any atom is 0.260 e. The van der Waals surface area contributed by atoms with Crippen LogP contribution in [0.25, 0.3) is 10.2 Å². The van der Waals surface area contributed by atoms with Gasteiger partial charge in [0.05, 0.1) is 22.8 Å². The van der Waals surface area contributed by atoms with Crippen molar-refractivity contribution in [1.29, 1.82) is 0 Å². The predicted octanol–water partition coefficient (Wildman–Crippen LogP) is 0.997. The van der Waals surface area contributed by atoms with E-state index in [1.54, 1.807) is 16.2 Å². The molecule has 0 amide bonds. The lowest BCUT2D eigenvalue weighted by Gasteiger charge is -2.27. The monoisotopic (exact) mass is 282 g/mol. The Morgan fingerprint density at radius 1 is 1.39 bits per heavy atom. The standard InChI is InChI=1S/C12H15N3OS2/c1-6(2)15-4-3-7-8(5-15)18-11-9(7)10(16)13-12(17)14-11/h6H,3-5H2,1-2H3,(H2,13,14,16,17)/p+1. The predicted molar refractivity (Wildman–Crippen MR) is 76.0 cm³/mol. The van der Waals surface area contributed by atoms with E-state index in [9.17, 15) is 4.79 Å². The summed E-state index contributed by atoms with van der Waals surface area (Å²) in [5.74, 6) is 0. The highest BCUT2D eigenvalue weighted by Crippen LogP contribution is 2.28. The largest absolute Gasteiger partial charge is 0.328 e. The molecule has 0 saturated heterocycles. The maximum atomic E-state index is 12.0. The lowest BCUT2D eigenvalue weighted by molar-refractivity contribution is -0.936. The fourth-order valence-corrected chi connectivity index (χ4v) is 4.18. The molecule has 0 aromatic carbocycles. The van der Waals surface area contributed by atoms with Crippen LogP contribution in [0, 0.1) is 4.77 Å². The lowest BCUT2D eigenvalue weighted by Crippen LogP contribution is -3.14. The first-order chi connectivity index (χ1) is 8.56. The van der Waals surface area contributed by atoms with Crippen molar-refractivity contribution in [3.8, 4) is 0 Å². The fourth-order valence-electron chi connectivity index (χ4n) is 2.62. The highest BCUT2D eigenvalue weighted by molar-refractivity contribution is 7.71. The molecule has 0 saturated carbocycles. The number of fused-ring (bicyclic) bond motifs is 3. The van der Waals surface area contributed by atoms with Crippen molar-refractivity contribution in [2.24, 2.45) is 0 Å². The molecule has 2 aromatic rings. The summed E-state index contributed by atoms with van der Waals surface area (Å²) in [7, 11) is 0.